The van der Waals surface area contributed by atoms with E-state index in [1.807, 2.05) is 6.07 Å². The number of hydrogen-bond donors (Lipinski definition) is 0. The minimum absolute atomic E-state index is 0.0117. The molecule has 0 aromatic heterocycles. The van der Waals surface area contributed by atoms with Crippen LogP contribution in [0.3, 0.4) is 0 Å². The summed E-state index contributed by atoms with van der Waals surface area (Å²) in [6.07, 6.45) is 2.29. The van der Waals surface area contributed by atoms with E-state index in [1.54, 1.807) is 0 Å². The summed E-state index contributed by atoms with van der Waals surface area (Å²) >= 11 is 0. The Kier molecular flexibility index (Phi) is 4.43. The van der Waals surface area contributed by atoms with Gasteiger partial charge in [-0.25, -0.2) is 0 Å². The van der Waals surface area contributed by atoms with Crippen LogP contribution >= 0.6 is 0 Å². The minimum atomic E-state index is -1.69. The molecule has 0 saturated heterocycles. The van der Waals surface area contributed by atoms with Gasteiger partial charge in [0, 0.05) is 0 Å². The highest BCUT2D eigenvalue weighted by atomic mass is 28.4. The Morgan fingerprint density at radius 3 is 2.20 bits per heavy atom. The van der Waals surface area contributed by atoms with Gasteiger partial charge in [0.1, 0.15) is 0 Å². The van der Waals surface area contributed by atoms with Gasteiger partial charge in [-0.3, -0.25) is 0 Å². The Morgan fingerprint density at radius 2 is 1.70 bits per heavy atom. The topological polar surface area (TPSA) is 18.5 Å². The molecule has 0 N–H and O–H groups in total. The van der Waals surface area contributed by atoms with Gasteiger partial charge in [0.25, 0.3) is 0 Å². The molecule has 0 radical (unpaired) electrons. The monoisotopic (exact) mass is 292 g/mol. The van der Waals surface area contributed by atoms with E-state index in [4.69, 9.17) is 9.16 Å². The SMILES string of the molecule is CC(C)(C)[Si](C)(C)OC1(COCc2ccccc2)CC1. The van der Waals surface area contributed by atoms with Gasteiger partial charge in [-0.15, -0.1) is 0 Å². The molecule has 1 aliphatic rings. The van der Waals surface area contributed by atoms with Gasteiger partial charge in [-0.05, 0) is 36.5 Å². The van der Waals surface area contributed by atoms with Crippen molar-refractivity contribution in [2.45, 2.75) is 64.0 Å². The van der Waals surface area contributed by atoms with Crippen molar-refractivity contribution >= 4 is 8.32 Å². The van der Waals surface area contributed by atoms with E-state index in [0.29, 0.717) is 6.61 Å². The lowest BCUT2D eigenvalue weighted by Gasteiger charge is -2.39. The zero-order valence-electron chi connectivity index (χ0n) is 13.5. The highest BCUT2D eigenvalue weighted by Crippen LogP contribution is 2.47. The molecule has 0 heterocycles. The highest BCUT2D eigenvalue weighted by Gasteiger charge is 2.51. The van der Waals surface area contributed by atoms with Gasteiger partial charge in [0.15, 0.2) is 8.32 Å². The lowest BCUT2D eigenvalue weighted by molar-refractivity contribution is 0.0198. The number of ether oxygens (including phenoxy) is 1. The Morgan fingerprint density at radius 1 is 1.10 bits per heavy atom. The maximum atomic E-state index is 6.55. The molecule has 0 spiro atoms. The van der Waals surface area contributed by atoms with Crippen molar-refractivity contribution in [2.24, 2.45) is 0 Å². The Bertz CT molecular complexity index is 430. The van der Waals surface area contributed by atoms with Gasteiger partial charge in [-0.2, -0.15) is 0 Å². The second-order valence-corrected chi connectivity index (χ2v) is 12.2. The predicted octanol–water partition coefficient (Wildman–Crippen LogP) is 4.76. The van der Waals surface area contributed by atoms with Crippen LogP contribution in [0, 0.1) is 0 Å². The van der Waals surface area contributed by atoms with Gasteiger partial charge >= 0.3 is 0 Å². The molecule has 1 saturated carbocycles. The van der Waals surface area contributed by atoms with Gasteiger partial charge in [0.05, 0.1) is 18.8 Å². The Hall–Kier alpha value is -0.643. The second-order valence-electron chi connectivity index (χ2n) is 7.52. The third kappa shape index (κ3) is 3.93. The third-order valence-corrected chi connectivity index (χ3v) is 9.12. The number of hydrogen-bond acceptors (Lipinski definition) is 2. The summed E-state index contributed by atoms with van der Waals surface area (Å²) in [4.78, 5) is 0. The molecule has 1 aliphatic carbocycles. The number of rotatable bonds is 6. The molecule has 112 valence electrons. The second kappa shape index (κ2) is 5.62. The third-order valence-electron chi connectivity index (χ3n) is 4.56. The van der Waals surface area contributed by atoms with Crippen molar-refractivity contribution in [3.8, 4) is 0 Å². The van der Waals surface area contributed by atoms with Crippen molar-refractivity contribution in [3.05, 3.63) is 35.9 Å². The average molecular weight is 292 g/mol. The highest BCUT2D eigenvalue weighted by molar-refractivity contribution is 6.74. The maximum absolute atomic E-state index is 6.55. The van der Waals surface area contributed by atoms with Crippen LogP contribution in [0.1, 0.15) is 39.2 Å². The lowest BCUT2D eigenvalue weighted by atomic mass is 10.2. The molecule has 0 bridgehead atoms. The van der Waals surface area contributed by atoms with E-state index in [2.05, 4.69) is 58.1 Å². The van der Waals surface area contributed by atoms with Crippen LogP contribution in [0.25, 0.3) is 0 Å². The van der Waals surface area contributed by atoms with Gasteiger partial charge in [-0.1, -0.05) is 51.1 Å². The molecule has 1 fully saturated rings. The first kappa shape index (κ1) is 15.7. The van der Waals surface area contributed by atoms with Crippen molar-refractivity contribution in [1.29, 1.82) is 0 Å². The average Bonchev–Trinajstić information content (AvgIpc) is 3.08. The van der Waals surface area contributed by atoms with Gasteiger partial charge in [0.2, 0.25) is 0 Å². The van der Waals surface area contributed by atoms with Crippen molar-refractivity contribution in [2.75, 3.05) is 6.61 Å². The molecule has 0 unspecified atom stereocenters. The zero-order valence-corrected chi connectivity index (χ0v) is 14.5. The Balaban J connectivity index is 1.84. The van der Waals surface area contributed by atoms with Crippen LogP contribution in [-0.4, -0.2) is 20.5 Å². The molecule has 0 aliphatic heterocycles. The summed E-state index contributed by atoms with van der Waals surface area (Å²) in [5.41, 5.74) is 1.24. The van der Waals surface area contributed by atoms with E-state index < -0.39 is 8.32 Å². The molecule has 20 heavy (non-hydrogen) atoms. The summed E-state index contributed by atoms with van der Waals surface area (Å²) in [5, 5.41) is 0.266. The molecule has 3 heteroatoms. The normalized spacial score (nSPS) is 18.1. The lowest BCUT2D eigenvalue weighted by Crippen LogP contribution is -2.46. The van der Waals surface area contributed by atoms with Crippen LogP contribution in [0.5, 0.6) is 0 Å². The van der Waals surface area contributed by atoms with Crippen LogP contribution in [0.2, 0.25) is 18.1 Å². The van der Waals surface area contributed by atoms with Crippen molar-refractivity contribution in [3.63, 3.8) is 0 Å². The van der Waals surface area contributed by atoms with Crippen molar-refractivity contribution < 1.29 is 9.16 Å². The predicted molar refractivity (Wildman–Crippen MR) is 86.3 cm³/mol. The van der Waals surface area contributed by atoms with E-state index in [9.17, 15) is 0 Å². The summed E-state index contributed by atoms with van der Waals surface area (Å²) in [6, 6.07) is 10.4. The van der Waals surface area contributed by atoms with E-state index >= 15 is 0 Å². The molecule has 2 rings (SSSR count). The Labute approximate surface area is 124 Å². The molecule has 0 atom stereocenters. The fourth-order valence-corrected chi connectivity index (χ4v) is 3.69. The first-order valence-corrected chi connectivity index (χ1v) is 10.5. The molecule has 0 amide bonds. The van der Waals surface area contributed by atoms with Crippen LogP contribution in [-0.2, 0) is 15.8 Å². The van der Waals surface area contributed by atoms with Crippen LogP contribution < -0.4 is 0 Å². The molecule has 1 aromatic carbocycles. The first-order valence-electron chi connectivity index (χ1n) is 7.56. The molecular weight excluding hydrogens is 264 g/mol. The molecule has 2 nitrogen and oxygen atoms in total. The quantitative estimate of drug-likeness (QED) is 0.704. The molecule has 1 aromatic rings. The van der Waals surface area contributed by atoms with Gasteiger partial charge < -0.3 is 9.16 Å². The smallest absolute Gasteiger partial charge is 0.192 e. The maximum Gasteiger partial charge on any atom is 0.192 e. The summed E-state index contributed by atoms with van der Waals surface area (Å²) in [7, 11) is -1.69. The summed E-state index contributed by atoms with van der Waals surface area (Å²) < 4.78 is 12.5. The summed E-state index contributed by atoms with van der Waals surface area (Å²) in [6.45, 7) is 12.9. The number of benzene rings is 1. The van der Waals surface area contributed by atoms with E-state index in [-0.39, 0.29) is 10.6 Å². The fraction of sp³-hybridized carbons (Fsp3) is 0.647. The van der Waals surface area contributed by atoms with E-state index in [0.717, 1.165) is 19.4 Å². The minimum Gasteiger partial charge on any atom is -0.409 e. The van der Waals surface area contributed by atoms with Crippen LogP contribution in [0.4, 0.5) is 0 Å². The fourth-order valence-electron chi connectivity index (χ4n) is 2.04. The van der Waals surface area contributed by atoms with Crippen molar-refractivity contribution in [1.82, 2.24) is 0 Å². The van der Waals surface area contributed by atoms with E-state index in [1.165, 1.54) is 5.56 Å². The first-order chi connectivity index (χ1) is 9.24. The largest absolute Gasteiger partial charge is 0.409 e. The zero-order chi connectivity index (χ0) is 14.9. The van der Waals surface area contributed by atoms with Crippen LogP contribution in [0.15, 0.2) is 30.3 Å². The standard InChI is InChI=1S/C17H28O2Si/c1-16(2,3)20(4,5)19-17(11-12-17)14-18-13-15-9-7-6-8-10-15/h6-10H,11-14H2,1-5H3. The summed E-state index contributed by atoms with van der Waals surface area (Å²) in [5.74, 6) is 0. The molecular formula is C17H28O2Si.